The minimum atomic E-state index is -0.0961. The summed E-state index contributed by atoms with van der Waals surface area (Å²) in [6.07, 6.45) is 0.212. The number of hydrogen-bond donors (Lipinski definition) is 1. The number of ether oxygens (including phenoxy) is 2. The van der Waals surface area contributed by atoms with Gasteiger partial charge in [0.05, 0.1) is 36.3 Å². The van der Waals surface area contributed by atoms with Crippen molar-refractivity contribution in [2.45, 2.75) is 6.42 Å². The van der Waals surface area contributed by atoms with Crippen molar-refractivity contribution in [1.29, 1.82) is 0 Å². The number of benzene rings is 1. The highest BCUT2D eigenvalue weighted by molar-refractivity contribution is 6.42. The first kappa shape index (κ1) is 18.0. The molecule has 0 unspecified atom stereocenters. The van der Waals surface area contributed by atoms with Crippen LogP contribution < -0.4 is 4.74 Å². The van der Waals surface area contributed by atoms with E-state index in [0.29, 0.717) is 28.9 Å². The third kappa shape index (κ3) is 6.52. The lowest BCUT2D eigenvalue weighted by Crippen LogP contribution is -2.36. The molecule has 1 aromatic rings. The molecule has 0 aliphatic rings. The largest absolute Gasteiger partial charge is 0.493 e. The monoisotopic (exact) mass is 335 g/mol. The second-order valence-electron chi connectivity index (χ2n) is 4.27. The zero-order chi connectivity index (χ0) is 15.7. The Hall–Kier alpha value is -1.01. The zero-order valence-corrected chi connectivity index (χ0v) is 13.4. The fourth-order valence-corrected chi connectivity index (χ4v) is 1.95. The van der Waals surface area contributed by atoms with E-state index in [-0.39, 0.29) is 32.1 Å². The van der Waals surface area contributed by atoms with Gasteiger partial charge in [-0.05, 0) is 12.1 Å². The molecule has 0 aliphatic carbocycles. The average Bonchev–Trinajstić information content (AvgIpc) is 2.47. The van der Waals surface area contributed by atoms with Gasteiger partial charge in [0, 0.05) is 26.3 Å². The van der Waals surface area contributed by atoms with Gasteiger partial charge in [0.25, 0.3) is 0 Å². The van der Waals surface area contributed by atoms with E-state index in [0.717, 1.165) is 0 Å². The van der Waals surface area contributed by atoms with Crippen LogP contribution in [0.25, 0.3) is 0 Å². The summed E-state index contributed by atoms with van der Waals surface area (Å²) in [6.45, 7) is 1.31. The molecule has 0 saturated heterocycles. The Morgan fingerprint density at radius 1 is 1.24 bits per heavy atom. The van der Waals surface area contributed by atoms with Gasteiger partial charge in [-0.3, -0.25) is 4.79 Å². The highest BCUT2D eigenvalue weighted by Gasteiger charge is 2.12. The van der Waals surface area contributed by atoms with Crippen LogP contribution in [0.4, 0.5) is 0 Å². The number of carbonyl (C=O) groups excluding carboxylic acids is 1. The summed E-state index contributed by atoms with van der Waals surface area (Å²) < 4.78 is 10.4. The highest BCUT2D eigenvalue weighted by atomic mass is 35.5. The van der Waals surface area contributed by atoms with E-state index < -0.39 is 0 Å². The Balaban J connectivity index is 2.41. The number of rotatable bonds is 9. The SMILES string of the molecule is COCCN(CCO)C(=O)CCOc1ccc(Cl)c(Cl)c1. The van der Waals surface area contributed by atoms with Crippen molar-refractivity contribution in [3.8, 4) is 5.75 Å². The molecular formula is C14H19Cl2NO4. The summed E-state index contributed by atoms with van der Waals surface area (Å²) in [5.74, 6) is 0.462. The van der Waals surface area contributed by atoms with E-state index in [1.54, 1.807) is 30.2 Å². The molecule has 118 valence electrons. The van der Waals surface area contributed by atoms with Crippen LogP contribution in [0.3, 0.4) is 0 Å². The van der Waals surface area contributed by atoms with Crippen LogP contribution in [0.2, 0.25) is 10.0 Å². The average molecular weight is 336 g/mol. The van der Waals surface area contributed by atoms with E-state index in [9.17, 15) is 4.79 Å². The van der Waals surface area contributed by atoms with Gasteiger partial charge in [0.1, 0.15) is 5.75 Å². The first-order chi connectivity index (χ1) is 10.1. The van der Waals surface area contributed by atoms with Gasteiger partial charge in [-0.15, -0.1) is 0 Å². The number of methoxy groups -OCH3 is 1. The first-order valence-electron chi connectivity index (χ1n) is 6.54. The smallest absolute Gasteiger partial charge is 0.226 e. The Morgan fingerprint density at radius 3 is 2.62 bits per heavy atom. The lowest BCUT2D eigenvalue weighted by molar-refractivity contribution is -0.132. The summed E-state index contributed by atoms with van der Waals surface area (Å²) in [7, 11) is 1.56. The molecule has 7 heteroatoms. The zero-order valence-electron chi connectivity index (χ0n) is 11.8. The van der Waals surface area contributed by atoms with Gasteiger partial charge < -0.3 is 19.5 Å². The molecule has 21 heavy (non-hydrogen) atoms. The Morgan fingerprint density at radius 2 is 2.00 bits per heavy atom. The molecule has 1 rings (SSSR count). The van der Waals surface area contributed by atoms with Crippen LogP contribution in [0.5, 0.6) is 5.75 Å². The van der Waals surface area contributed by atoms with E-state index >= 15 is 0 Å². The molecule has 0 radical (unpaired) electrons. The van der Waals surface area contributed by atoms with Crippen LogP contribution in [-0.4, -0.2) is 55.9 Å². The van der Waals surface area contributed by atoms with Crippen molar-refractivity contribution in [3.05, 3.63) is 28.2 Å². The lowest BCUT2D eigenvalue weighted by Gasteiger charge is -2.21. The maximum Gasteiger partial charge on any atom is 0.226 e. The van der Waals surface area contributed by atoms with Crippen LogP contribution in [0.15, 0.2) is 18.2 Å². The van der Waals surface area contributed by atoms with E-state index in [2.05, 4.69) is 0 Å². The fraction of sp³-hybridized carbons (Fsp3) is 0.500. The number of aliphatic hydroxyl groups excluding tert-OH is 1. The van der Waals surface area contributed by atoms with E-state index in [1.807, 2.05) is 0 Å². The Bertz CT molecular complexity index is 457. The van der Waals surface area contributed by atoms with E-state index in [1.165, 1.54) is 0 Å². The summed E-state index contributed by atoms with van der Waals surface area (Å²) >= 11 is 11.7. The Labute approximate surface area is 134 Å². The standard InChI is InChI=1S/C14H19Cl2NO4/c1-20-9-6-17(5-7-18)14(19)4-8-21-11-2-3-12(15)13(16)10-11/h2-3,10,18H,4-9H2,1H3. The fourth-order valence-electron chi connectivity index (χ4n) is 1.66. The third-order valence-electron chi connectivity index (χ3n) is 2.76. The second-order valence-corrected chi connectivity index (χ2v) is 5.09. The summed E-state index contributed by atoms with van der Waals surface area (Å²) in [5.41, 5.74) is 0. The minimum absolute atomic E-state index is 0.0803. The van der Waals surface area contributed by atoms with Crippen LogP contribution in [0.1, 0.15) is 6.42 Å². The molecule has 0 aliphatic heterocycles. The maximum absolute atomic E-state index is 12.0. The molecule has 0 aromatic heterocycles. The van der Waals surface area contributed by atoms with Gasteiger partial charge >= 0.3 is 0 Å². The summed E-state index contributed by atoms with van der Waals surface area (Å²) in [4.78, 5) is 13.5. The molecule has 0 spiro atoms. The summed E-state index contributed by atoms with van der Waals surface area (Å²) in [5, 5.41) is 9.81. The van der Waals surface area contributed by atoms with Crippen molar-refractivity contribution >= 4 is 29.1 Å². The van der Waals surface area contributed by atoms with Crippen LogP contribution in [-0.2, 0) is 9.53 Å². The molecule has 1 amide bonds. The highest BCUT2D eigenvalue weighted by Crippen LogP contribution is 2.26. The predicted molar refractivity (Wildman–Crippen MR) is 82.1 cm³/mol. The van der Waals surface area contributed by atoms with Gasteiger partial charge in [-0.25, -0.2) is 0 Å². The molecule has 0 bridgehead atoms. The number of nitrogens with zero attached hydrogens (tertiary/aromatic N) is 1. The van der Waals surface area contributed by atoms with Gasteiger partial charge in [0.2, 0.25) is 5.91 Å². The maximum atomic E-state index is 12.0. The number of halogens is 2. The third-order valence-corrected chi connectivity index (χ3v) is 3.50. The number of carbonyl (C=O) groups is 1. The van der Waals surface area contributed by atoms with Crippen molar-refractivity contribution in [2.75, 3.05) is 40.0 Å². The molecule has 1 N–H and O–H groups in total. The first-order valence-corrected chi connectivity index (χ1v) is 7.29. The van der Waals surface area contributed by atoms with Gasteiger partial charge in [0.15, 0.2) is 0 Å². The lowest BCUT2D eigenvalue weighted by atomic mass is 10.3. The number of aliphatic hydroxyl groups is 1. The van der Waals surface area contributed by atoms with Crippen molar-refractivity contribution < 1.29 is 19.4 Å². The van der Waals surface area contributed by atoms with Crippen LogP contribution in [0, 0.1) is 0 Å². The number of hydrogen-bond acceptors (Lipinski definition) is 4. The van der Waals surface area contributed by atoms with Gasteiger partial charge in [-0.2, -0.15) is 0 Å². The molecule has 5 nitrogen and oxygen atoms in total. The molecule has 1 aromatic carbocycles. The second kappa shape index (κ2) is 9.84. The molecule has 0 atom stereocenters. The van der Waals surface area contributed by atoms with Crippen molar-refractivity contribution in [3.63, 3.8) is 0 Å². The quantitative estimate of drug-likeness (QED) is 0.751. The van der Waals surface area contributed by atoms with Crippen molar-refractivity contribution in [1.82, 2.24) is 4.90 Å². The topological polar surface area (TPSA) is 59.0 Å². The van der Waals surface area contributed by atoms with Crippen LogP contribution >= 0.6 is 23.2 Å². The molecular weight excluding hydrogens is 317 g/mol. The summed E-state index contributed by atoms with van der Waals surface area (Å²) in [6, 6.07) is 4.93. The Kier molecular flexibility index (Phi) is 8.45. The molecule has 0 heterocycles. The van der Waals surface area contributed by atoms with Gasteiger partial charge in [-0.1, -0.05) is 23.2 Å². The normalized spacial score (nSPS) is 10.5. The molecule has 0 fully saturated rings. The van der Waals surface area contributed by atoms with Crippen molar-refractivity contribution in [2.24, 2.45) is 0 Å². The molecule has 0 saturated carbocycles. The number of amides is 1. The predicted octanol–water partition coefficient (Wildman–Crippen LogP) is 2.23. The minimum Gasteiger partial charge on any atom is -0.493 e. The van der Waals surface area contributed by atoms with E-state index in [4.69, 9.17) is 37.8 Å².